The number of amides is 1. The Morgan fingerprint density at radius 3 is 2.47 bits per heavy atom. The van der Waals surface area contributed by atoms with E-state index in [9.17, 15) is 4.79 Å². The number of halogens is 2. The first-order chi connectivity index (χ1) is 6.33. The van der Waals surface area contributed by atoms with Crippen LogP contribution in [0.4, 0.5) is 0 Å². The predicted molar refractivity (Wildman–Crippen MR) is 63.8 cm³/mol. The van der Waals surface area contributed by atoms with Crippen LogP contribution in [-0.2, 0) is 9.53 Å². The van der Waals surface area contributed by atoms with Crippen molar-refractivity contribution in [2.24, 2.45) is 5.73 Å². The number of ether oxygens (including phenoxy) is 1. The van der Waals surface area contributed by atoms with Gasteiger partial charge in [0.05, 0.1) is 19.8 Å². The van der Waals surface area contributed by atoms with Gasteiger partial charge >= 0.3 is 0 Å². The standard InChI is InChI=1S/C8H17N3O2.2ClH/c9-7-8(12)10-1-2-11-3-5-13-6-4-11;;/h1-7,9H2,(H,10,12);2*1H. The molecule has 1 heterocycles. The summed E-state index contributed by atoms with van der Waals surface area (Å²) in [5, 5.41) is 2.73. The summed E-state index contributed by atoms with van der Waals surface area (Å²) in [7, 11) is 0. The van der Waals surface area contributed by atoms with Gasteiger partial charge in [-0.1, -0.05) is 0 Å². The first-order valence-electron chi connectivity index (χ1n) is 4.60. The molecule has 7 heteroatoms. The van der Waals surface area contributed by atoms with E-state index in [4.69, 9.17) is 10.5 Å². The number of carbonyl (C=O) groups is 1. The van der Waals surface area contributed by atoms with Crippen molar-refractivity contribution in [3.05, 3.63) is 0 Å². The number of nitrogens with one attached hydrogen (secondary N) is 1. The summed E-state index contributed by atoms with van der Waals surface area (Å²) < 4.78 is 5.20. The predicted octanol–water partition coefficient (Wildman–Crippen LogP) is -0.763. The number of hydrogen-bond acceptors (Lipinski definition) is 4. The highest BCUT2D eigenvalue weighted by atomic mass is 35.5. The first kappa shape index (κ1) is 17.3. The van der Waals surface area contributed by atoms with Gasteiger partial charge < -0.3 is 15.8 Å². The van der Waals surface area contributed by atoms with Gasteiger partial charge in [0.2, 0.25) is 5.91 Å². The van der Waals surface area contributed by atoms with Crippen LogP contribution in [0, 0.1) is 0 Å². The third-order valence-electron chi connectivity index (χ3n) is 2.04. The molecule has 0 unspecified atom stereocenters. The third-order valence-corrected chi connectivity index (χ3v) is 2.04. The van der Waals surface area contributed by atoms with Gasteiger partial charge in [-0.05, 0) is 0 Å². The summed E-state index contributed by atoms with van der Waals surface area (Å²) in [6.07, 6.45) is 0. The highest BCUT2D eigenvalue weighted by Gasteiger charge is 2.09. The Hall–Kier alpha value is -0.0700. The minimum absolute atomic E-state index is 0. The molecule has 92 valence electrons. The van der Waals surface area contributed by atoms with Crippen molar-refractivity contribution in [3.8, 4) is 0 Å². The molecule has 0 bridgehead atoms. The third kappa shape index (κ3) is 7.81. The van der Waals surface area contributed by atoms with Crippen molar-refractivity contribution in [3.63, 3.8) is 0 Å². The molecule has 0 radical (unpaired) electrons. The van der Waals surface area contributed by atoms with Crippen molar-refractivity contribution < 1.29 is 9.53 Å². The quantitative estimate of drug-likeness (QED) is 0.697. The number of rotatable bonds is 4. The molecule has 1 saturated heterocycles. The second kappa shape index (κ2) is 10.4. The fourth-order valence-corrected chi connectivity index (χ4v) is 1.25. The van der Waals surface area contributed by atoms with Crippen LogP contribution < -0.4 is 11.1 Å². The van der Waals surface area contributed by atoms with Gasteiger partial charge in [0.1, 0.15) is 0 Å². The van der Waals surface area contributed by atoms with Crippen molar-refractivity contribution in [2.75, 3.05) is 45.9 Å². The SMILES string of the molecule is Cl.Cl.NCC(=O)NCCN1CCOCC1. The summed E-state index contributed by atoms with van der Waals surface area (Å²) >= 11 is 0. The van der Waals surface area contributed by atoms with Gasteiger partial charge in [-0.15, -0.1) is 24.8 Å². The summed E-state index contributed by atoms with van der Waals surface area (Å²) in [6.45, 7) is 5.14. The van der Waals surface area contributed by atoms with E-state index in [2.05, 4.69) is 10.2 Å². The minimum atomic E-state index is -0.0896. The molecule has 5 nitrogen and oxygen atoms in total. The number of nitrogens with two attached hydrogens (primary N) is 1. The number of morpholine rings is 1. The van der Waals surface area contributed by atoms with Crippen molar-refractivity contribution in [1.29, 1.82) is 0 Å². The lowest BCUT2D eigenvalue weighted by molar-refractivity contribution is -0.119. The maximum atomic E-state index is 10.8. The highest BCUT2D eigenvalue weighted by molar-refractivity contribution is 5.85. The zero-order chi connectivity index (χ0) is 9.52. The molecule has 3 N–H and O–H groups in total. The first-order valence-corrected chi connectivity index (χ1v) is 4.60. The molecule has 0 aromatic heterocycles. The number of hydrogen-bond donors (Lipinski definition) is 2. The monoisotopic (exact) mass is 259 g/mol. The molecule has 1 rings (SSSR count). The molecule has 0 atom stereocenters. The summed E-state index contributed by atoms with van der Waals surface area (Å²) in [5.41, 5.74) is 5.15. The average Bonchev–Trinajstić information content (AvgIpc) is 2.19. The topological polar surface area (TPSA) is 67.6 Å². The largest absolute Gasteiger partial charge is 0.379 e. The second-order valence-electron chi connectivity index (χ2n) is 3.01. The maximum absolute atomic E-state index is 10.8. The van der Waals surface area contributed by atoms with E-state index in [-0.39, 0.29) is 37.3 Å². The van der Waals surface area contributed by atoms with Gasteiger partial charge in [-0.2, -0.15) is 0 Å². The normalized spacial score (nSPS) is 16.1. The van der Waals surface area contributed by atoms with Gasteiger partial charge in [0.25, 0.3) is 0 Å². The molecular weight excluding hydrogens is 241 g/mol. The van der Waals surface area contributed by atoms with Crippen LogP contribution in [0.2, 0.25) is 0 Å². The summed E-state index contributed by atoms with van der Waals surface area (Å²) in [4.78, 5) is 13.0. The van der Waals surface area contributed by atoms with Crippen LogP contribution >= 0.6 is 24.8 Å². The molecule has 1 aliphatic rings. The second-order valence-corrected chi connectivity index (χ2v) is 3.01. The minimum Gasteiger partial charge on any atom is -0.379 e. The van der Waals surface area contributed by atoms with Crippen LogP contribution in [0.25, 0.3) is 0 Å². The van der Waals surface area contributed by atoms with Crippen LogP contribution in [0.1, 0.15) is 0 Å². The molecule has 1 fully saturated rings. The molecule has 15 heavy (non-hydrogen) atoms. The van der Waals surface area contributed by atoms with Crippen LogP contribution in [0.5, 0.6) is 0 Å². The van der Waals surface area contributed by atoms with E-state index in [0.717, 1.165) is 32.8 Å². The van der Waals surface area contributed by atoms with Crippen molar-refractivity contribution in [1.82, 2.24) is 10.2 Å². The van der Waals surface area contributed by atoms with Gasteiger partial charge in [-0.25, -0.2) is 0 Å². The zero-order valence-electron chi connectivity index (χ0n) is 8.61. The van der Waals surface area contributed by atoms with Gasteiger partial charge in [0, 0.05) is 26.2 Å². The van der Waals surface area contributed by atoms with E-state index in [1.807, 2.05) is 0 Å². The van der Waals surface area contributed by atoms with Crippen LogP contribution in [0.3, 0.4) is 0 Å². The fourth-order valence-electron chi connectivity index (χ4n) is 1.25. The molecule has 0 spiro atoms. The average molecular weight is 260 g/mol. The van der Waals surface area contributed by atoms with Gasteiger partial charge in [0.15, 0.2) is 0 Å². The van der Waals surface area contributed by atoms with E-state index >= 15 is 0 Å². The Morgan fingerprint density at radius 1 is 1.33 bits per heavy atom. The molecule has 0 aliphatic carbocycles. The van der Waals surface area contributed by atoms with Crippen molar-refractivity contribution >= 4 is 30.7 Å². The molecule has 0 aromatic carbocycles. The number of nitrogens with zero attached hydrogens (tertiary/aromatic N) is 1. The summed E-state index contributed by atoms with van der Waals surface area (Å²) in [6, 6.07) is 0. The molecular formula is C8H19Cl2N3O2. The molecule has 1 aliphatic heterocycles. The number of carbonyl (C=O) groups excluding carboxylic acids is 1. The Bertz CT molecular complexity index is 166. The van der Waals surface area contributed by atoms with Crippen LogP contribution in [0.15, 0.2) is 0 Å². The Labute approximate surface area is 103 Å². The van der Waals surface area contributed by atoms with E-state index in [1.54, 1.807) is 0 Å². The highest BCUT2D eigenvalue weighted by Crippen LogP contribution is 1.94. The fraction of sp³-hybridized carbons (Fsp3) is 0.875. The molecule has 0 aromatic rings. The lowest BCUT2D eigenvalue weighted by atomic mass is 10.4. The Balaban J connectivity index is 0. The Morgan fingerprint density at radius 2 is 1.93 bits per heavy atom. The lowest BCUT2D eigenvalue weighted by Crippen LogP contribution is -2.42. The van der Waals surface area contributed by atoms with E-state index in [0.29, 0.717) is 6.54 Å². The molecule has 1 amide bonds. The summed E-state index contributed by atoms with van der Waals surface area (Å²) in [5.74, 6) is -0.0896. The maximum Gasteiger partial charge on any atom is 0.233 e. The smallest absolute Gasteiger partial charge is 0.233 e. The van der Waals surface area contributed by atoms with E-state index < -0.39 is 0 Å². The van der Waals surface area contributed by atoms with E-state index in [1.165, 1.54) is 0 Å². The Kier molecular flexibility index (Phi) is 12.1. The van der Waals surface area contributed by atoms with Crippen molar-refractivity contribution in [2.45, 2.75) is 0 Å². The molecule has 0 saturated carbocycles. The zero-order valence-corrected chi connectivity index (χ0v) is 10.2. The lowest BCUT2D eigenvalue weighted by Gasteiger charge is -2.26. The van der Waals surface area contributed by atoms with Crippen LogP contribution in [-0.4, -0.2) is 56.7 Å². The van der Waals surface area contributed by atoms with Gasteiger partial charge in [-0.3, -0.25) is 9.69 Å².